The molecule has 1 nitrogen and oxygen atoms in total. The number of rotatable bonds is 5. The maximum absolute atomic E-state index is 13.2. The molecule has 106 valence electrons. The van der Waals surface area contributed by atoms with Gasteiger partial charge in [0.25, 0.3) is 0 Å². The van der Waals surface area contributed by atoms with E-state index in [0.717, 1.165) is 12.1 Å². The van der Waals surface area contributed by atoms with Crippen molar-refractivity contribution in [3.63, 3.8) is 0 Å². The SMILES string of the molecule is Fc1ccc(CN(CCCl)C2CCCCC2)cc1F. The van der Waals surface area contributed by atoms with E-state index in [2.05, 4.69) is 4.90 Å². The van der Waals surface area contributed by atoms with E-state index >= 15 is 0 Å². The summed E-state index contributed by atoms with van der Waals surface area (Å²) in [7, 11) is 0. The van der Waals surface area contributed by atoms with E-state index < -0.39 is 11.6 Å². The van der Waals surface area contributed by atoms with Crippen LogP contribution in [0.5, 0.6) is 0 Å². The maximum Gasteiger partial charge on any atom is 0.159 e. The number of alkyl halides is 1. The third-order valence-electron chi connectivity index (χ3n) is 3.83. The molecule has 1 aromatic carbocycles. The summed E-state index contributed by atoms with van der Waals surface area (Å²) in [5.74, 6) is -0.988. The van der Waals surface area contributed by atoms with Gasteiger partial charge in [0.1, 0.15) is 0 Å². The fourth-order valence-corrected chi connectivity index (χ4v) is 3.04. The lowest BCUT2D eigenvalue weighted by atomic mass is 9.94. The molecule has 1 saturated carbocycles. The summed E-state index contributed by atoms with van der Waals surface area (Å²) in [5.41, 5.74) is 0.814. The lowest BCUT2D eigenvalue weighted by Crippen LogP contribution is -2.37. The highest BCUT2D eigenvalue weighted by Gasteiger charge is 2.21. The Morgan fingerprint density at radius 1 is 1.11 bits per heavy atom. The molecule has 1 fully saturated rings. The summed E-state index contributed by atoms with van der Waals surface area (Å²) in [4.78, 5) is 2.30. The van der Waals surface area contributed by atoms with Crippen LogP contribution in [0.3, 0.4) is 0 Å². The fourth-order valence-electron chi connectivity index (χ4n) is 2.82. The second-order valence-corrected chi connectivity index (χ2v) is 5.58. The molecule has 0 radical (unpaired) electrons. The van der Waals surface area contributed by atoms with Crippen LogP contribution in [0.2, 0.25) is 0 Å². The fraction of sp³-hybridized carbons (Fsp3) is 0.600. The largest absolute Gasteiger partial charge is 0.295 e. The summed E-state index contributed by atoms with van der Waals surface area (Å²) in [6.45, 7) is 1.44. The van der Waals surface area contributed by atoms with Crippen LogP contribution >= 0.6 is 11.6 Å². The Morgan fingerprint density at radius 3 is 2.47 bits per heavy atom. The zero-order valence-electron chi connectivity index (χ0n) is 11.0. The van der Waals surface area contributed by atoms with Crippen LogP contribution in [-0.4, -0.2) is 23.4 Å². The first-order valence-electron chi connectivity index (χ1n) is 6.94. The number of halogens is 3. The van der Waals surface area contributed by atoms with Gasteiger partial charge in [0, 0.05) is 25.0 Å². The van der Waals surface area contributed by atoms with Gasteiger partial charge in [-0.05, 0) is 30.5 Å². The van der Waals surface area contributed by atoms with Gasteiger partial charge in [0.05, 0.1) is 0 Å². The highest BCUT2D eigenvalue weighted by molar-refractivity contribution is 6.18. The maximum atomic E-state index is 13.2. The standard InChI is InChI=1S/C15H20ClF2N/c16-8-9-19(13-4-2-1-3-5-13)11-12-6-7-14(17)15(18)10-12/h6-7,10,13H,1-5,8-9,11H2. The normalized spacial score (nSPS) is 17.1. The number of nitrogens with zero attached hydrogens (tertiary/aromatic N) is 1. The van der Waals surface area contributed by atoms with E-state index in [4.69, 9.17) is 11.6 Å². The predicted octanol–water partition coefficient (Wildman–Crippen LogP) is 4.34. The molecule has 0 saturated heterocycles. The molecule has 0 spiro atoms. The van der Waals surface area contributed by atoms with Gasteiger partial charge in [-0.2, -0.15) is 0 Å². The first-order valence-corrected chi connectivity index (χ1v) is 7.48. The van der Waals surface area contributed by atoms with Crippen molar-refractivity contribution in [1.82, 2.24) is 4.90 Å². The lowest BCUT2D eigenvalue weighted by molar-refractivity contribution is 0.157. The van der Waals surface area contributed by atoms with Gasteiger partial charge in [-0.1, -0.05) is 25.3 Å². The Kier molecular flexibility index (Phi) is 5.59. The molecule has 0 atom stereocenters. The summed E-state index contributed by atoms with van der Waals surface area (Å²) >= 11 is 5.86. The lowest BCUT2D eigenvalue weighted by Gasteiger charge is -2.34. The molecule has 1 aliphatic carbocycles. The minimum absolute atomic E-state index is 0.528. The molecule has 19 heavy (non-hydrogen) atoms. The second kappa shape index (κ2) is 7.20. The molecule has 1 aliphatic rings. The molecule has 1 aromatic rings. The van der Waals surface area contributed by atoms with Crippen LogP contribution in [0.25, 0.3) is 0 Å². The molecule has 0 unspecified atom stereocenters. The Labute approximate surface area is 118 Å². The molecule has 2 rings (SSSR count). The van der Waals surface area contributed by atoms with E-state index in [-0.39, 0.29) is 0 Å². The van der Waals surface area contributed by atoms with Crippen LogP contribution in [0, 0.1) is 11.6 Å². The highest BCUT2D eigenvalue weighted by atomic mass is 35.5. The van der Waals surface area contributed by atoms with Gasteiger partial charge in [-0.3, -0.25) is 4.90 Å². The number of hydrogen-bond acceptors (Lipinski definition) is 1. The van der Waals surface area contributed by atoms with Gasteiger partial charge in [0.15, 0.2) is 11.6 Å². The Balaban J connectivity index is 2.04. The summed E-state index contributed by atoms with van der Waals surface area (Å²) in [5, 5.41) is 0. The Morgan fingerprint density at radius 2 is 1.84 bits per heavy atom. The third kappa shape index (κ3) is 4.15. The third-order valence-corrected chi connectivity index (χ3v) is 4.00. The zero-order valence-corrected chi connectivity index (χ0v) is 11.8. The van der Waals surface area contributed by atoms with E-state index in [9.17, 15) is 8.78 Å². The number of hydrogen-bond donors (Lipinski definition) is 0. The molecular formula is C15H20ClF2N. The Hall–Kier alpha value is -0.670. The van der Waals surface area contributed by atoms with E-state index in [0.29, 0.717) is 18.5 Å². The van der Waals surface area contributed by atoms with Crippen LogP contribution < -0.4 is 0 Å². The summed E-state index contributed by atoms with van der Waals surface area (Å²) in [6.07, 6.45) is 6.17. The smallest absolute Gasteiger partial charge is 0.159 e. The first-order chi connectivity index (χ1) is 9.20. The molecule has 0 heterocycles. The minimum atomic E-state index is -0.787. The Bertz CT molecular complexity index is 405. The van der Waals surface area contributed by atoms with Crippen LogP contribution in [0.15, 0.2) is 18.2 Å². The van der Waals surface area contributed by atoms with E-state index in [1.165, 1.54) is 44.2 Å². The zero-order chi connectivity index (χ0) is 13.7. The predicted molar refractivity (Wildman–Crippen MR) is 74.4 cm³/mol. The van der Waals surface area contributed by atoms with Gasteiger partial charge in [-0.25, -0.2) is 8.78 Å². The van der Waals surface area contributed by atoms with E-state index in [1.54, 1.807) is 6.07 Å². The molecule has 0 aromatic heterocycles. The van der Waals surface area contributed by atoms with Crippen molar-refractivity contribution < 1.29 is 8.78 Å². The van der Waals surface area contributed by atoms with Crippen molar-refractivity contribution in [1.29, 1.82) is 0 Å². The molecule has 0 amide bonds. The quantitative estimate of drug-likeness (QED) is 0.728. The average Bonchev–Trinajstić information content (AvgIpc) is 2.43. The number of benzene rings is 1. The van der Waals surface area contributed by atoms with Gasteiger partial charge in [0.2, 0.25) is 0 Å². The minimum Gasteiger partial charge on any atom is -0.295 e. The van der Waals surface area contributed by atoms with Crippen molar-refractivity contribution in [3.05, 3.63) is 35.4 Å². The van der Waals surface area contributed by atoms with Gasteiger partial charge in [-0.15, -0.1) is 11.6 Å². The van der Waals surface area contributed by atoms with Crippen molar-refractivity contribution in [2.75, 3.05) is 12.4 Å². The average molecular weight is 288 g/mol. The first kappa shape index (κ1) is 14.7. The molecular weight excluding hydrogens is 268 g/mol. The highest BCUT2D eigenvalue weighted by Crippen LogP contribution is 2.24. The monoisotopic (exact) mass is 287 g/mol. The van der Waals surface area contributed by atoms with Crippen molar-refractivity contribution in [2.45, 2.75) is 44.7 Å². The topological polar surface area (TPSA) is 3.24 Å². The van der Waals surface area contributed by atoms with Crippen LogP contribution in [-0.2, 0) is 6.54 Å². The van der Waals surface area contributed by atoms with Gasteiger partial charge < -0.3 is 0 Å². The van der Waals surface area contributed by atoms with E-state index in [1.807, 2.05) is 0 Å². The molecule has 0 N–H and O–H groups in total. The molecule has 0 aliphatic heterocycles. The molecule has 0 bridgehead atoms. The summed E-state index contributed by atoms with van der Waals surface area (Å²) < 4.78 is 26.2. The van der Waals surface area contributed by atoms with Crippen LogP contribution in [0.1, 0.15) is 37.7 Å². The van der Waals surface area contributed by atoms with Gasteiger partial charge >= 0.3 is 0 Å². The van der Waals surface area contributed by atoms with Crippen LogP contribution in [0.4, 0.5) is 8.78 Å². The second-order valence-electron chi connectivity index (χ2n) is 5.20. The molecule has 4 heteroatoms. The van der Waals surface area contributed by atoms with Crippen molar-refractivity contribution in [2.24, 2.45) is 0 Å². The van der Waals surface area contributed by atoms with Crippen molar-refractivity contribution in [3.8, 4) is 0 Å². The van der Waals surface area contributed by atoms with Crippen molar-refractivity contribution >= 4 is 11.6 Å². The summed E-state index contributed by atoms with van der Waals surface area (Å²) in [6, 6.07) is 4.67.